The van der Waals surface area contributed by atoms with Gasteiger partial charge < -0.3 is 10.8 Å². The number of rotatable bonds is 1. The number of fused-ring (bicyclic) bond motifs is 2. The summed E-state index contributed by atoms with van der Waals surface area (Å²) in [6.07, 6.45) is 3.13. The van der Waals surface area contributed by atoms with E-state index in [1.807, 2.05) is 6.07 Å². The summed E-state index contributed by atoms with van der Waals surface area (Å²) in [5.41, 5.74) is 9.02. The van der Waals surface area contributed by atoms with E-state index in [2.05, 4.69) is 0 Å². The molecule has 0 saturated heterocycles. The molecule has 3 heteroatoms. The number of carboxylic acids is 1. The summed E-state index contributed by atoms with van der Waals surface area (Å²) in [5.74, 6) is -0.848. The van der Waals surface area contributed by atoms with Crippen molar-refractivity contribution in [3.8, 4) is 0 Å². The third kappa shape index (κ3) is 1.07. The van der Waals surface area contributed by atoms with Crippen molar-refractivity contribution in [3.05, 3.63) is 34.9 Å². The topological polar surface area (TPSA) is 63.3 Å². The number of aromatic carboxylic acids is 1. The second kappa shape index (κ2) is 2.61. The van der Waals surface area contributed by atoms with Gasteiger partial charge in [0.05, 0.1) is 5.56 Å². The Hall–Kier alpha value is -1.35. The van der Waals surface area contributed by atoms with Crippen LogP contribution in [0.1, 0.15) is 34.3 Å². The van der Waals surface area contributed by atoms with Crippen LogP contribution in [-0.4, -0.2) is 17.1 Å². The van der Waals surface area contributed by atoms with Gasteiger partial charge in [0.25, 0.3) is 0 Å². The first-order valence-electron chi connectivity index (χ1n) is 5.26. The minimum Gasteiger partial charge on any atom is -0.478 e. The molecule has 15 heavy (non-hydrogen) atoms. The lowest BCUT2D eigenvalue weighted by Crippen LogP contribution is -2.15. The highest BCUT2D eigenvalue weighted by Crippen LogP contribution is 2.55. The quantitative estimate of drug-likeness (QED) is 0.723. The summed E-state index contributed by atoms with van der Waals surface area (Å²) >= 11 is 0. The first-order chi connectivity index (χ1) is 7.13. The highest BCUT2D eigenvalue weighted by atomic mass is 16.4. The number of benzene rings is 1. The highest BCUT2D eigenvalue weighted by Gasteiger charge is 2.56. The van der Waals surface area contributed by atoms with Gasteiger partial charge in [-0.2, -0.15) is 0 Å². The number of carboxylic acid groups (broad SMARTS) is 1. The third-order valence-corrected chi connectivity index (χ3v) is 3.86. The standard InChI is InChI=1S/C12H13NO2/c13-10-6-12(10)4-3-7-5-8(11(14)15)1-2-9(7)12/h1-2,5,10H,3-4,6,13H2,(H,14,15). The first-order valence-corrected chi connectivity index (χ1v) is 5.26. The van der Waals surface area contributed by atoms with Gasteiger partial charge in [-0.15, -0.1) is 0 Å². The summed E-state index contributed by atoms with van der Waals surface area (Å²) in [6.45, 7) is 0. The van der Waals surface area contributed by atoms with Crippen molar-refractivity contribution in [2.75, 3.05) is 0 Å². The van der Waals surface area contributed by atoms with Crippen molar-refractivity contribution in [1.29, 1.82) is 0 Å². The Bertz CT molecular complexity index is 455. The van der Waals surface area contributed by atoms with E-state index in [1.165, 1.54) is 11.1 Å². The van der Waals surface area contributed by atoms with Crippen LogP contribution in [0.3, 0.4) is 0 Å². The van der Waals surface area contributed by atoms with Crippen molar-refractivity contribution >= 4 is 5.97 Å². The van der Waals surface area contributed by atoms with Crippen molar-refractivity contribution in [3.63, 3.8) is 0 Å². The molecule has 2 aliphatic rings. The first kappa shape index (κ1) is 8.92. The van der Waals surface area contributed by atoms with E-state index >= 15 is 0 Å². The molecule has 0 aromatic heterocycles. The summed E-state index contributed by atoms with van der Waals surface area (Å²) < 4.78 is 0. The fraction of sp³-hybridized carbons (Fsp3) is 0.417. The lowest BCUT2D eigenvalue weighted by atomic mass is 9.96. The van der Waals surface area contributed by atoms with Crippen LogP contribution >= 0.6 is 0 Å². The smallest absolute Gasteiger partial charge is 0.335 e. The van der Waals surface area contributed by atoms with Gasteiger partial charge in [0.1, 0.15) is 0 Å². The number of hydrogen-bond donors (Lipinski definition) is 2. The van der Waals surface area contributed by atoms with Crippen LogP contribution in [0.2, 0.25) is 0 Å². The van der Waals surface area contributed by atoms with Crippen molar-refractivity contribution in [2.45, 2.75) is 30.7 Å². The van der Waals surface area contributed by atoms with Gasteiger partial charge in [0.2, 0.25) is 0 Å². The molecule has 1 aromatic carbocycles. The Kier molecular flexibility index (Phi) is 1.55. The van der Waals surface area contributed by atoms with E-state index in [9.17, 15) is 4.79 Å². The Morgan fingerprint density at radius 2 is 2.27 bits per heavy atom. The van der Waals surface area contributed by atoms with Gasteiger partial charge >= 0.3 is 5.97 Å². The zero-order valence-corrected chi connectivity index (χ0v) is 8.36. The van der Waals surface area contributed by atoms with E-state index in [4.69, 9.17) is 10.8 Å². The second-order valence-electron chi connectivity index (χ2n) is 4.64. The average molecular weight is 203 g/mol. The van der Waals surface area contributed by atoms with Crippen LogP contribution in [0.15, 0.2) is 18.2 Å². The number of hydrogen-bond acceptors (Lipinski definition) is 2. The van der Waals surface area contributed by atoms with Crippen molar-refractivity contribution < 1.29 is 9.90 Å². The molecular formula is C12H13NO2. The molecule has 1 fully saturated rings. The van der Waals surface area contributed by atoms with E-state index < -0.39 is 5.97 Å². The molecule has 1 spiro atoms. The maximum Gasteiger partial charge on any atom is 0.335 e. The largest absolute Gasteiger partial charge is 0.478 e. The van der Waals surface area contributed by atoms with E-state index in [1.54, 1.807) is 12.1 Å². The van der Waals surface area contributed by atoms with Crippen LogP contribution in [-0.2, 0) is 11.8 Å². The third-order valence-electron chi connectivity index (χ3n) is 3.86. The molecule has 0 heterocycles. The molecule has 78 valence electrons. The molecule has 2 unspecified atom stereocenters. The number of nitrogens with two attached hydrogens (primary N) is 1. The molecule has 3 nitrogen and oxygen atoms in total. The Morgan fingerprint density at radius 3 is 2.87 bits per heavy atom. The molecule has 1 aromatic rings. The lowest BCUT2D eigenvalue weighted by Gasteiger charge is -2.09. The van der Waals surface area contributed by atoms with Crippen molar-refractivity contribution in [1.82, 2.24) is 0 Å². The molecule has 2 atom stereocenters. The van der Waals surface area contributed by atoms with E-state index in [0.717, 1.165) is 19.3 Å². The SMILES string of the molecule is NC1CC12CCc1cc(C(=O)O)ccc12. The molecule has 2 aliphatic carbocycles. The average Bonchev–Trinajstić information content (AvgIpc) is 2.70. The fourth-order valence-electron chi connectivity index (χ4n) is 2.84. The molecule has 0 aliphatic heterocycles. The highest BCUT2D eigenvalue weighted by molar-refractivity contribution is 5.88. The molecule has 1 saturated carbocycles. The summed E-state index contributed by atoms with van der Waals surface area (Å²) in [7, 11) is 0. The normalized spacial score (nSPS) is 31.7. The summed E-state index contributed by atoms with van der Waals surface area (Å²) in [5, 5.41) is 8.89. The Balaban J connectivity index is 2.07. The minimum atomic E-state index is -0.848. The van der Waals surface area contributed by atoms with Gasteiger partial charge in [-0.25, -0.2) is 4.79 Å². The lowest BCUT2D eigenvalue weighted by molar-refractivity contribution is 0.0697. The van der Waals surface area contributed by atoms with E-state index in [-0.39, 0.29) is 11.5 Å². The van der Waals surface area contributed by atoms with Crippen LogP contribution in [0.25, 0.3) is 0 Å². The van der Waals surface area contributed by atoms with Gasteiger partial charge in [-0.1, -0.05) is 6.07 Å². The van der Waals surface area contributed by atoms with Crippen LogP contribution in [0, 0.1) is 0 Å². The van der Waals surface area contributed by atoms with Gasteiger partial charge in [-0.3, -0.25) is 0 Å². The Labute approximate surface area is 87.9 Å². The van der Waals surface area contributed by atoms with Crippen LogP contribution in [0.4, 0.5) is 0 Å². The molecule has 0 radical (unpaired) electrons. The zero-order valence-electron chi connectivity index (χ0n) is 8.36. The van der Waals surface area contributed by atoms with Gasteiger partial charge in [-0.05, 0) is 42.5 Å². The number of aryl methyl sites for hydroxylation is 1. The summed E-state index contributed by atoms with van der Waals surface area (Å²) in [6, 6.07) is 5.74. The number of carbonyl (C=O) groups is 1. The fourth-order valence-corrected chi connectivity index (χ4v) is 2.84. The Morgan fingerprint density at radius 1 is 1.53 bits per heavy atom. The predicted octanol–water partition coefficient (Wildman–Crippen LogP) is 1.30. The second-order valence-corrected chi connectivity index (χ2v) is 4.64. The van der Waals surface area contributed by atoms with Gasteiger partial charge in [0.15, 0.2) is 0 Å². The maximum atomic E-state index is 10.8. The van der Waals surface area contributed by atoms with E-state index in [0.29, 0.717) is 5.56 Å². The summed E-state index contributed by atoms with van der Waals surface area (Å²) in [4.78, 5) is 10.8. The monoisotopic (exact) mass is 203 g/mol. The minimum absolute atomic E-state index is 0.201. The van der Waals surface area contributed by atoms with Crippen molar-refractivity contribution in [2.24, 2.45) is 5.73 Å². The van der Waals surface area contributed by atoms with Gasteiger partial charge in [0, 0.05) is 11.5 Å². The molecule has 0 amide bonds. The molecule has 3 rings (SSSR count). The zero-order chi connectivity index (χ0) is 10.6. The predicted molar refractivity (Wildman–Crippen MR) is 56.0 cm³/mol. The van der Waals surface area contributed by atoms with Crippen LogP contribution < -0.4 is 5.73 Å². The maximum absolute atomic E-state index is 10.8. The molecule has 3 N–H and O–H groups in total. The van der Waals surface area contributed by atoms with Crippen LogP contribution in [0.5, 0.6) is 0 Å². The molecule has 0 bridgehead atoms. The molecular weight excluding hydrogens is 190 g/mol.